The lowest BCUT2D eigenvalue weighted by molar-refractivity contribution is -0.0147. The van der Waals surface area contributed by atoms with Crippen LogP contribution in [0.25, 0.3) is 0 Å². The molecule has 0 N–H and O–H groups in total. The Morgan fingerprint density at radius 2 is 1.73 bits per heavy atom. The Labute approximate surface area is 94.0 Å². The topological polar surface area (TPSA) is 12.5 Å². The fraction of sp³-hybridized carbons (Fsp3) is 1.00. The first kappa shape index (κ1) is 11.4. The molecular weight excluding hydrogens is 186 g/mol. The predicted octanol–water partition coefficient (Wildman–Crippen LogP) is 2.82. The highest BCUT2D eigenvalue weighted by Gasteiger charge is 2.47. The monoisotopic (exact) mass is 211 g/mol. The summed E-state index contributed by atoms with van der Waals surface area (Å²) in [5, 5.41) is 0. The SMILES string of the molecule is CC(C)(C)OCCC1(N2CCCC2)CC1. The Bertz CT molecular complexity index is 209. The quantitative estimate of drug-likeness (QED) is 0.709. The molecule has 0 unspecified atom stereocenters. The Kier molecular flexibility index (Phi) is 3.09. The van der Waals surface area contributed by atoms with E-state index in [1.165, 1.54) is 45.2 Å². The molecule has 0 aromatic carbocycles. The number of hydrogen-bond acceptors (Lipinski definition) is 2. The summed E-state index contributed by atoms with van der Waals surface area (Å²) in [6.45, 7) is 10.0. The second kappa shape index (κ2) is 4.06. The minimum atomic E-state index is 0.0289. The van der Waals surface area contributed by atoms with Gasteiger partial charge in [0.15, 0.2) is 0 Å². The first-order valence-electron chi connectivity index (χ1n) is 6.41. The van der Waals surface area contributed by atoms with Crippen LogP contribution in [0.5, 0.6) is 0 Å². The first-order valence-corrected chi connectivity index (χ1v) is 6.41. The molecule has 0 amide bonds. The number of rotatable bonds is 4. The molecule has 2 rings (SSSR count). The fourth-order valence-corrected chi connectivity index (χ4v) is 2.61. The molecule has 2 fully saturated rings. The van der Waals surface area contributed by atoms with E-state index >= 15 is 0 Å². The predicted molar refractivity (Wildman–Crippen MR) is 63.1 cm³/mol. The van der Waals surface area contributed by atoms with Gasteiger partial charge in [0.25, 0.3) is 0 Å². The minimum absolute atomic E-state index is 0.0289. The highest BCUT2D eigenvalue weighted by Crippen LogP contribution is 2.46. The van der Waals surface area contributed by atoms with Crippen molar-refractivity contribution in [2.75, 3.05) is 19.7 Å². The van der Waals surface area contributed by atoms with Crippen molar-refractivity contribution in [3.05, 3.63) is 0 Å². The molecule has 1 aliphatic carbocycles. The smallest absolute Gasteiger partial charge is 0.0598 e. The van der Waals surface area contributed by atoms with Crippen LogP contribution >= 0.6 is 0 Å². The Morgan fingerprint density at radius 1 is 1.13 bits per heavy atom. The van der Waals surface area contributed by atoms with E-state index in [0.717, 1.165) is 6.61 Å². The first-order chi connectivity index (χ1) is 7.02. The molecule has 1 saturated carbocycles. The molecule has 0 aromatic rings. The van der Waals surface area contributed by atoms with E-state index in [1.807, 2.05) is 0 Å². The maximum atomic E-state index is 5.84. The third-order valence-electron chi connectivity index (χ3n) is 3.71. The molecule has 15 heavy (non-hydrogen) atoms. The van der Waals surface area contributed by atoms with Crippen LogP contribution < -0.4 is 0 Å². The summed E-state index contributed by atoms with van der Waals surface area (Å²) in [4.78, 5) is 2.71. The van der Waals surface area contributed by atoms with E-state index < -0.39 is 0 Å². The lowest BCUT2D eigenvalue weighted by Crippen LogP contribution is -2.36. The summed E-state index contributed by atoms with van der Waals surface area (Å²) in [7, 11) is 0. The van der Waals surface area contributed by atoms with Gasteiger partial charge in [0.05, 0.1) is 5.60 Å². The van der Waals surface area contributed by atoms with Crippen LogP contribution in [0, 0.1) is 0 Å². The summed E-state index contributed by atoms with van der Waals surface area (Å²) < 4.78 is 5.84. The van der Waals surface area contributed by atoms with Crippen LogP contribution in [0.2, 0.25) is 0 Å². The summed E-state index contributed by atoms with van der Waals surface area (Å²) >= 11 is 0. The van der Waals surface area contributed by atoms with Gasteiger partial charge in [0, 0.05) is 12.1 Å². The van der Waals surface area contributed by atoms with Gasteiger partial charge in [-0.05, 0) is 66.0 Å². The van der Waals surface area contributed by atoms with Crippen molar-refractivity contribution < 1.29 is 4.74 Å². The summed E-state index contributed by atoms with van der Waals surface area (Å²) in [5.41, 5.74) is 0.586. The molecule has 1 saturated heterocycles. The van der Waals surface area contributed by atoms with Crippen LogP contribution in [-0.2, 0) is 4.74 Å². The average molecular weight is 211 g/mol. The molecule has 0 spiro atoms. The third-order valence-corrected chi connectivity index (χ3v) is 3.71. The van der Waals surface area contributed by atoms with Gasteiger partial charge in [-0.15, -0.1) is 0 Å². The second-order valence-electron chi connectivity index (χ2n) is 6.13. The van der Waals surface area contributed by atoms with E-state index in [1.54, 1.807) is 0 Å². The average Bonchev–Trinajstić information content (AvgIpc) is 2.72. The molecule has 2 nitrogen and oxygen atoms in total. The zero-order valence-electron chi connectivity index (χ0n) is 10.5. The molecule has 0 bridgehead atoms. The van der Waals surface area contributed by atoms with Gasteiger partial charge in [-0.25, -0.2) is 0 Å². The van der Waals surface area contributed by atoms with Gasteiger partial charge in [0.1, 0.15) is 0 Å². The van der Waals surface area contributed by atoms with E-state index in [0.29, 0.717) is 5.54 Å². The van der Waals surface area contributed by atoms with Crippen molar-refractivity contribution in [3.63, 3.8) is 0 Å². The molecule has 0 atom stereocenters. The third kappa shape index (κ3) is 2.94. The van der Waals surface area contributed by atoms with E-state index in [9.17, 15) is 0 Å². The van der Waals surface area contributed by atoms with Crippen molar-refractivity contribution in [2.24, 2.45) is 0 Å². The van der Waals surface area contributed by atoms with Crippen molar-refractivity contribution >= 4 is 0 Å². The molecule has 2 heteroatoms. The van der Waals surface area contributed by atoms with E-state index in [2.05, 4.69) is 25.7 Å². The Balaban J connectivity index is 1.74. The standard InChI is InChI=1S/C13H25NO/c1-12(2,3)15-11-8-13(6-7-13)14-9-4-5-10-14/h4-11H2,1-3H3. The highest BCUT2D eigenvalue weighted by atomic mass is 16.5. The van der Waals surface area contributed by atoms with Crippen LogP contribution in [0.4, 0.5) is 0 Å². The lowest BCUT2D eigenvalue weighted by atomic mass is 10.1. The number of ether oxygens (including phenoxy) is 1. The van der Waals surface area contributed by atoms with E-state index in [4.69, 9.17) is 4.74 Å². The molecular formula is C13H25NO. The van der Waals surface area contributed by atoms with Crippen LogP contribution in [-0.4, -0.2) is 35.7 Å². The summed E-state index contributed by atoms with van der Waals surface area (Å²) in [6.07, 6.45) is 6.86. The number of likely N-dealkylation sites (tertiary alicyclic amines) is 1. The Hall–Kier alpha value is -0.0800. The largest absolute Gasteiger partial charge is 0.376 e. The maximum absolute atomic E-state index is 5.84. The molecule has 1 aliphatic heterocycles. The summed E-state index contributed by atoms with van der Waals surface area (Å²) in [5.74, 6) is 0. The van der Waals surface area contributed by atoms with Crippen LogP contribution in [0.15, 0.2) is 0 Å². The Morgan fingerprint density at radius 3 is 2.20 bits per heavy atom. The maximum Gasteiger partial charge on any atom is 0.0598 e. The van der Waals surface area contributed by atoms with Crippen molar-refractivity contribution in [1.82, 2.24) is 4.90 Å². The zero-order valence-corrected chi connectivity index (χ0v) is 10.5. The van der Waals surface area contributed by atoms with Crippen molar-refractivity contribution in [3.8, 4) is 0 Å². The molecule has 2 aliphatic rings. The van der Waals surface area contributed by atoms with Crippen molar-refractivity contribution in [1.29, 1.82) is 0 Å². The zero-order chi connectivity index (χ0) is 10.9. The molecule has 88 valence electrons. The second-order valence-corrected chi connectivity index (χ2v) is 6.13. The fourth-order valence-electron chi connectivity index (χ4n) is 2.61. The highest BCUT2D eigenvalue weighted by molar-refractivity contribution is 5.04. The number of nitrogens with zero attached hydrogens (tertiary/aromatic N) is 1. The van der Waals surface area contributed by atoms with Crippen molar-refractivity contribution in [2.45, 2.75) is 64.0 Å². The summed E-state index contributed by atoms with van der Waals surface area (Å²) in [6, 6.07) is 0. The van der Waals surface area contributed by atoms with Gasteiger partial charge < -0.3 is 4.74 Å². The molecule has 0 aromatic heterocycles. The normalized spacial score (nSPS) is 25.8. The van der Waals surface area contributed by atoms with Gasteiger partial charge >= 0.3 is 0 Å². The number of hydrogen-bond donors (Lipinski definition) is 0. The van der Waals surface area contributed by atoms with Gasteiger partial charge in [-0.3, -0.25) is 4.90 Å². The molecule has 1 heterocycles. The minimum Gasteiger partial charge on any atom is -0.376 e. The van der Waals surface area contributed by atoms with Gasteiger partial charge in [-0.2, -0.15) is 0 Å². The molecule has 0 radical (unpaired) electrons. The lowest BCUT2D eigenvalue weighted by Gasteiger charge is -2.29. The van der Waals surface area contributed by atoms with Crippen LogP contribution in [0.1, 0.15) is 52.9 Å². The van der Waals surface area contributed by atoms with E-state index in [-0.39, 0.29) is 5.60 Å². The van der Waals surface area contributed by atoms with Crippen LogP contribution in [0.3, 0.4) is 0 Å². The van der Waals surface area contributed by atoms with Gasteiger partial charge in [0.2, 0.25) is 0 Å². The van der Waals surface area contributed by atoms with Gasteiger partial charge in [-0.1, -0.05) is 0 Å².